The van der Waals surface area contributed by atoms with E-state index >= 15 is 0 Å². The predicted octanol–water partition coefficient (Wildman–Crippen LogP) is 5.69. The molecule has 3 aromatic carbocycles. The molecule has 0 saturated heterocycles. The van der Waals surface area contributed by atoms with E-state index in [0.29, 0.717) is 11.3 Å². The number of nitrogens with two attached hydrogens (primary N) is 1. The van der Waals surface area contributed by atoms with Gasteiger partial charge >= 0.3 is 0 Å². The smallest absolute Gasteiger partial charge is 0.133 e. The highest BCUT2D eigenvalue weighted by atomic mass is 19.1. The molecule has 0 heterocycles. The molecule has 0 atom stereocenters. The number of hydrogen-bond acceptors (Lipinski definition) is 1. The summed E-state index contributed by atoms with van der Waals surface area (Å²) in [6.45, 7) is 2.18. The average Bonchev–Trinajstić information content (AvgIpc) is 2.56. The van der Waals surface area contributed by atoms with Gasteiger partial charge in [0.25, 0.3) is 0 Å². The van der Waals surface area contributed by atoms with Crippen LogP contribution in [0.3, 0.4) is 0 Å². The molecule has 2 heteroatoms. The van der Waals surface area contributed by atoms with Gasteiger partial charge in [-0.3, -0.25) is 0 Å². The molecule has 116 valence electrons. The second-order valence-corrected chi connectivity index (χ2v) is 5.76. The van der Waals surface area contributed by atoms with Crippen molar-refractivity contribution in [2.24, 2.45) is 0 Å². The lowest BCUT2D eigenvalue weighted by Gasteiger charge is -2.07. The van der Waals surface area contributed by atoms with Crippen molar-refractivity contribution in [3.63, 3.8) is 0 Å². The fourth-order valence-corrected chi connectivity index (χ4v) is 2.76. The minimum atomic E-state index is -0.290. The van der Waals surface area contributed by atoms with Gasteiger partial charge in [0.2, 0.25) is 0 Å². The maximum Gasteiger partial charge on any atom is 0.133 e. The van der Waals surface area contributed by atoms with Crippen LogP contribution in [0.15, 0.2) is 66.7 Å². The van der Waals surface area contributed by atoms with Gasteiger partial charge in [0.15, 0.2) is 0 Å². The number of hydrogen-bond donors (Lipinski definition) is 1. The first-order valence-electron chi connectivity index (χ1n) is 7.92. The lowest BCUT2D eigenvalue weighted by molar-refractivity contribution is 0.632. The maximum absolute atomic E-state index is 14.0. The van der Waals surface area contributed by atoms with Crippen molar-refractivity contribution in [2.45, 2.75) is 19.8 Å². The topological polar surface area (TPSA) is 26.0 Å². The molecule has 0 aliphatic rings. The third-order valence-corrected chi connectivity index (χ3v) is 4.01. The van der Waals surface area contributed by atoms with Crippen LogP contribution in [-0.2, 0) is 6.42 Å². The molecule has 0 aliphatic carbocycles. The van der Waals surface area contributed by atoms with Crippen molar-refractivity contribution >= 4 is 5.69 Å². The van der Waals surface area contributed by atoms with Crippen molar-refractivity contribution in [1.82, 2.24) is 0 Å². The molecule has 0 aromatic heterocycles. The van der Waals surface area contributed by atoms with E-state index in [4.69, 9.17) is 5.73 Å². The first-order valence-corrected chi connectivity index (χ1v) is 7.92. The summed E-state index contributed by atoms with van der Waals surface area (Å²) in [6.07, 6.45) is 2.26. The van der Waals surface area contributed by atoms with E-state index < -0.39 is 0 Å². The standard InChI is InChI=1S/C21H20FN/c1-2-3-15-4-6-16(7-5-15)17-8-10-18(11-9-17)20-13-12-19(23)14-21(20)22/h4-14H,2-3,23H2,1H3. The number of aryl methyl sites for hydroxylation is 1. The van der Waals surface area contributed by atoms with Crippen molar-refractivity contribution in [2.75, 3.05) is 5.73 Å². The molecule has 0 spiro atoms. The molecule has 0 unspecified atom stereocenters. The summed E-state index contributed by atoms with van der Waals surface area (Å²) in [7, 11) is 0. The lowest BCUT2D eigenvalue weighted by Crippen LogP contribution is -1.89. The van der Waals surface area contributed by atoms with Crippen molar-refractivity contribution in [1.29, 1.82) is 0 Å². The van der Waals surface area contributed by atoms with Gasteiger partial charge in [0.05, 0.1) is 0 Å². The summed E-state index contributed by atoms with van der Waals surface area (Å²) in [4.78, 5) is 0. The fraction of sp³-hybridized carbons (Fsp3) is 0.143. The Hall–Kier alpha value is -2.61. The lowest BCUT2D eigenvalue weighted by atomic mass is 9.98. The van der Waals surface area contributed by atoms with Crippen LogP contribution in [0.5, 0.6) is 0 Å². The molecular formula is C21H20FN. The average molecular weight is 305 g/mol. The molecule has 0 amide bonds. The molecule has 0 bridgehead atoms. The molecular weight excluding hydrogens is 285 g/mol. The molecule has 0 aliphatic heterocycles. The largest absolute Gasteiger partial charge is 0.399 e. The van der Waals surface area contributed by atoms with E-state index in [1.807, 2.05) is 24.3 Å². The van der Waals surface area contributed by atoms with Gasteiger partial charge in [-0.15, -0.1) is 0 Å². The van der Waals surface area contributed by atoms with E-state index in [2.05, 4.69) is 31.2 Å². The van der Waals surface area contributed by atoms with Gasteiger partial charge in [-0.05, 0) is 46.9 Å². The van der Waals surface area contributed by atoms with Gasteiger partial charge in [-0.1, -0.05) is 61.9 Å². The van der Waals surface area contributed by atoms with Gasteiger partial charge in [-0.2, -0.15) is 0 Å². The minimum Gasteiger partial charge on any atom is -0.399 e. The van der Waals surface area contributed by atoms with Crippen LogP contribution in [0.4, 0.5) is 10.1 Å². The third-order valence-electron chi connectivity index (χ3n) is 4.01. The van der Waals surface area contributed by atoms with E-state index in [-0.39, 0.29) is 5.82 Å². The molecule has 0 radical (unpaired) electrons. The molecule has 3 rings (SSSR count). The minimum absolute atomic E-state index is 0.290. The van der Waals surface area contributed by atoms with Crippen LogP contribution in [0.1, 0.15) is 18.9 Å². The predicted molar refractivity (Wildman–Crippen MR) is 95.7 cm³/mol. The highest BCUT2D eigenvalue weighted by Gasteiger charge is 2.06. The molecule has 0 saturated carbocycles. The summed E-state index contributed by atoms with van der Waals surface area (Å²) >= 11 is 0. The van der Waals surface area contributed by atoms with Crippen LogP contribution in [0.2, 0.25) is 0 Å². The number of anilines is 1. The molecule has 2 N–H and O–H groups in total. The van der Waals surface area contributed by atoms with Crippen LogP contribution < -0.4 is 5.73 Å². The van der Waals surface area contributed by atoms with Crippen LogP contribution in [0.25, 0.3) is 22.3 Å². The Labute approximate surface area is 136 Å². The van der Waals surface area contributed by atoms with Crippen molar-refractivity contribution < 1.29 is 4.39 Å². The second kappa shape index (κ2) is 6.66. The summed E-state index contributed by atoms with van der Waals surface area (Å²) in [6, 6.07) is 21.4. The van der Waals surface area contributed by atoms with Crippen molar-refractivity contribution in [3.05, 3.63) is 78.1 Å². The Morgan fingerprint density at radius 2 is 1.35 bits per heavy atom. The molecule has 1 nitrogen and oxygen atoms in total. The first-order chi connectivity index (χ1) is 11.2. The highest BCUT2D eigenvalue weighted by molar-refractivity contribution is 5.71. The van der Waals surface area contributed by atoms with Crippen LogP contribution in [0, 0.1) is 5.82 Å². The SMILES string of the molecule is CCCc1ccc(-c2ccc(-c3ccc(N)cc3F)cc2)cc1. The normalized spacial score (nSPS) is 10.7. The zero-order valence-corrected chi connectivity index (χ0v) is 13.2. The third kappa shape index (κ3) is 3.42. The van der Waals surface area contributed by atoms with E-state index in [1.54, 1.807) is 12.1 Å². The summed E-state index contributed by atoms with van der Waals surface area (Å²) in [5, 5.41) is 0. The zero-order chi connectivity index (χ0) is 16.2. The maximum atomic E-state index is 14.0. The fourth-order valence-electron chi connectivity index (χ4n) is 2.76. The quantitative estimate of drug-likeness (QED) is 0.615. The second-order valence-electron chi connectivity index (χ2n) is 5.76. The number of benzene rings is 3. The Balaban J connectivity index is 1.86. The molecule has 0 fully saturated rings. The van der Waals surface area contributed by atoms with Crippen molar-refractivity contribution in [3.8, 4) is 22.3 Å². The number of nitrogen functional groups attached to an aromatic ring is 1. The van der Waals surface area contributed by atoms with Gasteiger partial charge in [-0.25, -0.2) is 4.39 Å². The van der Waals surface area contributed by atoms with Gasteiger partial charge in [0, 0.05) is 11.3 Å². The van der Waals surface area contributed by atoms with Crippen LogP contribution in [-0.4, -0.2) is 0 Å². The van der Waals surface area contributed by atoms with Crippen LogP contribution >= 0.6 is 0 Å². The van der Waals surface area contributed by atoms with E-state index in [9.17, 15) is 4.39 Å². The van der Waals surface area contributed by atoms with Gasteiger partial charge < -0.3 is 5.73 Å². The Morgan fingerprint density at radius 1 is 0.783 bits per heavy atom. The van der Waals surface area contributed by atoms with E-state index in [1.165, 1.54) is 17.2 Å². The highest BCUT2D eigenvalue weighted by Crippen LogP contribution is 2.27. The Morgan fingerprint density at radius 3 is 1.91 bits per heavy atom. The summed E-state index contributed by atoms with van der Waals surface area (Å²) in [5.41, 5.74) is 11.1. The Bertz CT molecular complexity index is 789. The number of halogens is 1. The molecule has 23 heavy (non-hydrogen) atoms. The summed E-state index contributed by atoms with van der Waals surface area (Å²) < 4.78 is 14.0. The monoisotopic (exact) mass is 305 g/mol. The number of rotatable bonds is 4. The Kier molecular flexibility index (Phi) is 4.42. The first kappa shape index (κ1) is 15.3. The van der Waals surface area contributed by atoms with E-state index in [0.717, 1.165) is 24.0 Å². The summed E-state index contributed by atoms with van der Waals surface area (Å²) in [5.74, 6) is -0.290. The zero-order valence-electron chi connectivity index (χ0n) is 13.2. The molecule has 3 aromatic rings. The van der Waals surface area contributed by atoms with Gasteiger partial charge in [0.1, 0.15) is 5.82 Å².